The number of thioether (sulfide) groups is 1. The number of benzene rings is 2. The maximum absolute atomic E-state index is 12.5. The highest BCUT2D eigenvalue weighted by Crippen LogP contribution is 2.36. The minimum atomic E-state index is -0.454. The molecule has 1 aliphatic heterocycles. The lowest BCUT2D eigenvalue weighted by atomic mass is 10.2. The highest BCUT2D eigenvalue weighted by molar-refractivity contribution is 8.01. The first-order chi connectivity index (χ1) is 14.2. The number of fused-ring (bicyclic) bond motifs is 1. The second-order valence-electron chi connectivity index (χ2n) is 6.62. The first-order valence-electron chi connectivity index (χ1n) is 9.23. The van der Waals surface area contributed by atoms with Gasteiger partial charge in [-0.25, -0.2) is 0 Å². The van der Waals surface area contributed by atoms with E-state index < -0.39 is 5.25 Å². The predicted molar refractivity (Wildman–Crippen MR) is 112 cm³/mol. The Bertz CT molecular complexity index is 1000. The fraction of sp³-hybridized carbons (Fsp3) is 0.182. The lowest BCUT2D eigenvalue weighted by Gasteiger charge is -2.23. The summed E-state index contributed by atoms with van der Waals surface area (Å²) in [5, 5.41) is 5.28. The van der Waals surface area contributed by atoms with Crippen molar-refractivity contribution < 1.29 is 18.7 Å². The number of nitrogens with one attached hydrogen (secondary N) is 2. The number of carbonyl (C=O) groups excluding carboxylic acids is 2. The van der Waals surface area contributed by atoms with Gasteiger partial charge >= 0.3 is 0 Å². The van der Waals surface area contributed by atoms with Crippen LogP contribution in [-0.2, 0) is 27.5 Å². The summed E-state index contributed by atoms with van der Waals surface area (Å²) in [6.07, 6.45) is 1.71. The van der Waals surface area contributed by atoms with E-state index in [1.54, 1.807) is 6.26 Å². The third kappa shape index (κ3) is 5.07. The van der Waals surface area contributed by atoms with Gasteiger partial charge in [0, 0.05) is 17.0 Å². The summed E-state index contributed by atoms with van der Waals surface area (Å²) in [6, 6.07) is 18.7. The van der Waals surface area contributed by atoms with Crippen molar-refractivity contribution in [3.05, 3.63) is 78.3 Å². The fourth-order valence-corrected chi connectivity index (χ4v) is 4.12. The number of amides is 2. The van der Waals surface area contributed by atoms with Gasteiger partial charge in [-0.3, -0.25) is 9.59 Å². The second-order valence-corrected chi connectivity index (χ2v) is 7.86. The average molecular weight is 408 g/mol. The summed E-state index contributed by atoms with van der Waals surface area (Å²) >= 11 is 1.42. The van der Waals surface area contributed by atoms with Crippen LogP contribution in [0.1, 0.15) is 17.7 Å². The number of hydrogen-bond acceptors (Lipinski definition) is 5. The zero-order valence-corrected chi connectivity index (χ0v) is 16.4. The molecule has 0 bridgehead atoms. The third-order valence-corrected chi connectivity index (χ3v) is 5.66. The van der Waals surface area contributed by atoms with Gasteiger partial charge in [0.2, 0.25) is 11.8 Å². The van der Waals surface area contributed by atoms with Crippen LogP contribution in [0.5, 0.6) is 0 Å². The Morgan fingerprint density at radius 2 is 2.00 bits per heavy atom. The molecule has 7 heteroatoms. The summed E-state index contributed by atoms with van der Waals surface area (Å²) in [5.74, 6) is 0.411. The zero-order valence-electron chi connectivity index (χ0n) is 15.6. The fourth-order valence-electron chi connectivity index (χ4n) is 3.01. The monoisotopic (exact) mass is 408 g/mol. The van der Waals surface area contributed by atoms with Gasteiger partial charge in [-0.15, -0.1) is 11.8 Å². The van der Waals surface area contributed by atoms with Gasteiger partial charge in [0.1, 0.15) is 12.4 Å². The molecule has 0 fully saturated rings. The molecule has 0 saturated carbocycles. The van der Waals surface area contributed by atoms with Crippen LogP contribution in [0.4, 0.5) is 11.4 Å². The van der Waals surface area contributed by atoms with E-state index in [9.17, 15) is 9.59 Å². The van der Waals surface area contributed by atoms with Gasteiger partial charge in [0.25, 0.3) is 0 Å². The van der Waals surface area contributed by atoms with E-state index in [0.717, 1.165) is 21.9 Å². The van der Waals surface area contributed by atoms with E-state index in [4.69, 9.17) is 9.15 Å². The molecular formula is C22H20N2O4S. The Morgan fingerprint density at radius 3 is 2.86 bits per heavy atom. The quantitative estimate of drug-likeness (QED) is 0.604. The maximum atomic E-state index is 12.5. The van der Waals surface area contributed by atoms with E-state index in [1.165, 1.54) is 11.8 Å². The van der Waals surface area contributed by atoms with Crippen LogP contribution in [-0.4, -0.2) is 17.1 Å². The van der Waals surface area contributed by atoms with Gasteiger partial charge in [0.05, 0.1) is 23.8 Å². The Morgan fingerprint density at radius 1 is 1.10 bits per heavy atom. The SMILES string of the molecule is O=C(CC1Sc2ccccc2NC1=O)Nc1cccc(COCc2ccco2)c1. The van der Waals surface area contributed by atoms with E-state index in [1.807, 2.05) is 60.7 Å². The molecule has 1 aliphatic rings. The molecule has 2 heterocycles. The molecule has 29 heavy (non-hydrogen) atoms. The van der Waals surface area contributed by atoms with Crippen molar-refractivity contribution in [1.82, 2.24) is 0 Å². The summed E-state index contributed by atoms with van der Waals surface area (Å²) in [6.45, 7) is 0.793. The number of rotatable bonds is 7. The van der Waals surface area contributed by atoms with Crippen molar-refractivity contribution in [1.29, 1.82) is 0 Å². The lowest BCUT2D eigenvalue weighted by molar-refractivity contribution is -0.120. The van der Waals surface area contributed by atoms with Crippen molar-refractivity contribution in [2.75, 3.05) is 10.6 Å². The van der Waals surface area contributed by atoms with Gasteiger partial charge in [-0.1, -0.05) is 24.3 Å². The maximum Gasteiger partial charge on any atom is 0.238 e. The molecule has 148 valence electrons. The van der Waals surface area contributed by atoms with E-state index in [2.05, 4.69) is 10.6 Å². The van der Waals surface area contributed by atoms with E-state index >= 15 is 0 Å². The summed E-state index contributed by atoms with van der Waals surface area (Å²) in [7, 11) is 0. The molecule has 6 nitrogen and oxygen atoms in total. The normalized spacial score (nSPS) is 15.4. The van der Waals surface area contributed by atoms with Crippen molar-refractivity contribution in [3.63, 3.8) is 0 Å². The van der Waals surface area contributed by atoms with Crippen LogP contribution in [0.3, 0.4) is 0 Å². The van der Waals surface area contributed by atoms with Gasteiger partial charge in [0.15, 0.2) is 0 Å². The van der Waals surface area contributed by atoms with Crippen LogP contribution in [0.25, 0.3) is 0 Å². The van der Waals surface area contributed by atoms with Crippen LogP contribution in [0, 0.1) is 0 Å². The van der Waals surface area contributed by atoms with Crippen molar-refractivity contribution >= 4 is 35.0 Å². The molecule has 1 atom stereocenters. The Balaban J connectivity index is 1.31. The number of carbonyl (C=O) groups is 2. The van der Waals surface area contributed by atoms with Gasteiger partial charge in [-0.2, -0.15) is 0 Å². The van der Waals surface area contributed by atoms with E-state index in [-0.39, 0.29) is 18.2 Å². The van der Waals surface area contributed by atoms with Crippen LogP contribution in [0.2, 0.25) is 0 Å². The number of para-hydroxylation sites is 1. The number of ether oxygens (including phenoxy) is 1. The predicted octanol–water partition coefficient (Wildman–Crippen LogP) is 4.44. The summed E-state index contributed by atoms with van der Waals surface area (Å²) in [4.78, 5) is 25.7. The smallest absolute Gasteiger partial charge is 0.238 e. The third-order valence-electron chi connectivity index (χ3n) is 4.38. The van der Waals surface area contributed by atoms with Crippen molar-refractivity contribution in [2.45, 2.75) is 29.8 Å². The van der Waals surface area contributed by atoms with Crippen molar-refractivity contribution in [2.24, 2.45) is 0 Å². The second kappa shape index (κ2) is 8.98. The molecule has 3 aromatic rings. The molecule has 2 N–H and O–H groups in total. The largest absolute Gasteiger partial charge is 0.467 e. The minimum absolute atomic E-state index is 0.101. The molecule has 0 radical (unpaired) electrons. The Labute approximate surface area is 172 Å². The summed E-state index contributed by atoms with van der Waals surface area (Å²) in [5.41, 5.74) is 2.41. The van der Waals surface area contributed by atoms with E-state index in [0.29, 0.717) is 18.9 Å². The Hall–Kier alpha value is -3.03. The van der Waals surface area contributed by atoms with Crippen LogP contribution < -0.4 is 10.6 Å². The molecule has 0 spiro atoms. The standard InChI is InChI=1S/C22H20N2O4S/c25-21(12-20-22(26)24-18-8-1-2-9-19(18)29-20)23-16-6-3-5-15(11-16)13-27-14-17-7-4-10-28-17/h1-11,20H,12-14H2,(H,23,25)(H,24,26). The first kappa shape index (κ1) is 19.3. The molecular weight excluding hydrogens is 388 g/mol. The Kier molecular flexibility index (Phi) is 5.97. The number of hydrogen-bond donors (Lipinski definition) is 2. The molecule has 2 amide bonds. The molecule has 0 saturated heterocycles. The number of furan rings is 1. The molecule has 1 unspecified atom stereocenters. The molecule has 4 rings (SSSR count). The highest BCUT2D eigenvalue weighted by Gasteiger charge is 2.28. The lowest BCUT2D eigenvalue weighted by Crippen LogP contribution is -2.32. The molecule has 1 aromatic heterocycles. The topological polar surface area (TPSA) is 80.6 Å². The first-order valence-corrected chi connectivity index (χ1v) is 10.1. The highest BCUT2D eigenvalue weighted by atomic mass is 32.2. The number of anilines is 2. The average Bonchev–Trinajstić information content (AvgIpc) is 3.22. The molecule has 2 aromatic carbocycles. The minimum Gasteiger partial charge on any atom is -0.467 e. The zero-order chi connectivity index (χ0) is 20.1. The van der Waals surface area contributed by atoms with Crippen LogP contribution in [0.15, 0.2) is 76.2 Å². The summed E-state index contributed by atoms with van der Waals surface area (Å²) < 4.78 is 10.9. The van der Waals surface area contributed by atoms with Crippen LogP contribution >= 0.6 is 11.8 Å². The van der Waals surface area contributed by atoms with Gasteiger partial charge < -0.3 is 19.8 Å². The molecule has 0 aliphatic carbocycles. The van der Waals surface area contributed by atoms with Gasteiger partial charge in [-0.05, 0) is 42.0 Å². The van der Waals surface area contributed by atoms with Crippen molar-refractivity contribution in [3.8, 4) is 0 Å².